The summed E-state index contributed by atoms with van der Waals surface area (Å²) in [5.41, 5.74) is -0.310. The van der Waals surface area contributed by atoms with E-state index in [-0.39, 0.29) is 18.3 Å². The summed E-state index contributed by atoms with van der Waals surface area (Å²) in [5.74, 6) is -0.519. The molecule has 1 aliphatic rings. The van der Waals surface area contributed by atoms with Crippen molar-refractivity contribution >= 4 is 35.1 Å². The van der Waals surface area contributed by atoms with Crippen molar-refractivity contribution < 1.29 is 14.3 Å². The second kappa shape index (κ2) is 6.88. The molecule has 0 bridgehead atoms. The van der Waals surface area contributed by atoms with E-state index in [1.165, 1.54) is 0 Å². The maximum Gasteiger partial charge on any atom is 0.331 e. The van der Waals surface area contributed by atoms with Gasteiger partial charge in [0.15, 0.2) is 0 Å². The minimum absolute atomic E-state index is 0.0769. The highest BCUT2D eigenvalue weighted by Crippen LogP contribution is 2.32. The number of hydrogen-bond donors (Lipinski definition) is 0. The fourth-order valence-electron chi connectivity index (χ4n) is 2.81. The molecule has 4 nitrogen and oxygen atoms in total. The Hall–Kier alpha value is -1.26. The summed E-state index contributed by atoms with van der Waals surface area (Å²) in [7, 11) is 0. The Kier molecular flexibility index (Phi) is 5.35. The number of likely N-dealkylation sites (tertiary alicyclic amines) is 1. The van der Waals surface area contributed by atoms with Gasteiger partial charge in [-0.1, -0.05) is 29.3 Å². The first-order valence-corrected chi connectivity index (χ1v) is 8.06. The van der Waals surface area contributed by atoms with E-state index in [1.54, 1.807) is 36.9 Å². The van der Waals surface area contributed by atoms with Gasteiger partial charge in [-0.2, -0.15) is 0 Å². The number of rotatable bonds is 4. The molecule has 120 valence electrons. The van der Waals surface area contributed by atoms with Gasteiger partial charge in [0.2, 0.25) is 5.91 Å². The maximum absolute atomic E-state index is 12.6. The first kappa shape index (κ1) is 17.1. The van der Waals surface area contributed by atoms with Crippen molar-refractivity contribution in [3.8, 4) is 0 Å². The van der Waals surface area contributed by atoms with Crippen molar-refractivity contribution in [1.29, 1.82) is 0 Å². The number of carbonyl (C=O) groups is 2. The molecule has 22 heavy (non-hydrogen) atoms. The van der Waals surface area contributed by atoms with Gasteiger partial charge in [-0.05, 0) is 44.4 Å². The van der Waals surface area contributed by atoms with Crippen LogP contribution >= 0.6 is 23.2 Å². The van der Waals surface area contributed by atoms with Crippen molar-refractivity contribution in [2.45, 2.75) is 38.6 Å². The molecule has 1 heterocycles. The molecule has 0 N–H and O–H groups in total. The van der Waals surface area contributed by atoms with Gasteiger partial charge in [-0.25, -0.2) is 4.79 Å². The largest absolute Gasteiger partial charge is 0.464 e. The van der Waals surface area contributed by atoms with Crippen LogP contribution in [0.25, 0.3) is 0 Å². The summed E-state index contributed by atoms with van der Waals surface area (Å²) in [6.07, 6.45) is 1.46. The SMILES string of the molecule is CCOC(=O)C1(C)CCCN1C(=O)Cc1c(Cl)cccc1Cl. The molecule has 0 aliphatic carbocycles. The topological polar surface area (TPSA) is 46.6 Å². The lowest BCUT2D eigenvalue weighted by Crippen LogP contribution is -2.52. The predicted molar refractivity (Wildman–Crippen MR) is 86.2 cm³/mol. The summed E-state index contributed by atoms with van der Waals surface area (Å²) >= 11 is 12.2. The zero-order valence-corrected chi connectivity index (χ0v) is 14.2. The fourth-order valence-corrected chi connectivity index (χ4v) is 3.34. The third-order valence-electron chi connectivity index (χ3n) is 4.05. The predicted octanol–water partition coefficient (Wildman–Crippen LogP) is 3.48. The molecule has 1 aromatic rings. The first-order valence-electron chi connectivity index (χ1n) is 7.30. The maximum atomic E-state index is 12.6. The Balaban J connectivity index is 2.20. The number of hydrogen-bond acceptors (Lipinski definition) is 3. The lowest BCUT2D eigenvalue weighted by atomic mass is 9.98. The van der Waals surface area contributed by atoms with Crippen LogP contribution in [0, 0.1) is 0 Å². The van der Waals surface area contributed by atoms with Crippen LogP contribution in [0.5, 0.6) is 0 Å². The normalized spacial score (nSPS) is 21.0. The fraction of sp³-hybridized carbons (Fsp3) is 0.500. The molecule has 1 fully saturated rings. The van der Waals surface area contributed by atoms with E-state index in [1.807, 2.05) is 0 Å². The van der Waals surface area contributed by atoms with Gasteiger partial charge >= 0.3 is 5.97 Å². The Bertz CT molecular complexity index is 571. The molecular weight excluding hydrogens is 325 g/mol. The minimum atomic E-state index is -0.902. The molecule has 1 saturated heterocycles. The van der Waals surface area contributed by atoms with E-state index in [0.717, 1.165) is 6.42 Å². The number of benzene rings is 1. The smallest absolute Gasteiger partial charge is 0.331 e. The summed E-state index contributed by atoms with van der Waals surface area (Å²) < 4.78 is 5.12. The molecule has 1 atom stereocenters. The first-order chi connectivity index (χ1) is 10.4. The van der Waals surface area contributed by atoms with Crippen LogP contribution in [0.15, 0.2) is 18.2 Å². The molecule has 1 aromatic carbocycles. The molecule has 1 unspecified atom stereocenters. The highest BCUT2D eigenvalue weighted by Gasteiger charge is 2.46. The second-order valence-electron chi connectivity index (χ2n) is 5.52. The number of halogens is 2. The zero-order chi connectivity index (χ0) is 16.3. The van der Waals surface area contributed by atoms with Gasteiger partial charge < -0.3 is 9.64 Å². The van der Waals surface area contributed by atoms with Crippen LogP contribution < -0.4 is 0 Å². The third kappa shape index (κ3) is 3.23. The Morgan fingerprint density at radius 1 is 1.32 bits per heavy atom. The van der Waals surface area contributed by atoms with Crippen LogP contribution in [-0.4, -0.2) is 35.5 Å². The third-order valence-corrected chi connectivity index (χ3v) is 4.76. The van der Waals surface area contributed by atoms with E-state index >= 15 is 0 Å². The molecule has 6 heteroatoms. The summed E-state index contributed by atoms with van der Waals surface area (Å²) in [6.45, 7) is 4.35. The van der Waals surface area contributed by atoms with Crippen molar-refractivity contribution in [2.75, 3.05) is 13.2 Å². The number of ether oxygens (including phenoxy) is 1. The van der Waals surface area contributed by atoms with Gasteiger partial charge in [0.1, 0.15) is 5.54 Å². The number of nitrogens with zero attached hydrogens (tertiary/aromatic N) is 1. The molecule has 0 saturated carbocycles. The standard InChI is InChI=1S/C16H19Cl2NO3/c1-3-22-15(21)16(2)8-5-9-19(16)14(20)10-11-12(17)6-4-7-13(11)18/h4,6-7H,3,5,8-10H2,1-2H3. The molecule has 2 rings (SSSR count). The molecule has 0 aromatic heterocycles. The van der Waals surface area contributed by atoms with Gasteiger partial charge in [0.25, 0.3) is 0 Å². The van der Waals surface area contributed by atoms with E-state index < -0.39 is 5.54 Å². The zero-order valence-electron chi connectivity index (χ0n) is 12.7. The highest BCUT2D eigenvalue weighted by molar-refractivity contribution is 6.36. The van der Waals surface area contributed by atoms with Crippen LogP contribution in [0.2, 0.25) is 10.0 Å². The summed E-state index contributed by atoms with van der Waals surface area (Å²) in [6, 6.07) is 5.13. The van der Waals surface area contributed by atoms with Crippen LogP contribution in [0.4, 0.5) is 0 Å². The Morgan fingerprint density at radius 2 is 1.95 bits per heavy atom. The quantitative estimate of drug-likeness (QED) is 0.786. The van der Waals surface area contributed by atoms with Gasteiger partial charge in [-0.3, -0.25) is 4.79 Å². The van der Waals surface area contributed by atoms with Crippen molar-refractivity contribution in [1.82, 2.24) is 4.90 Å². The minimum Gasteiger partial charge on any atom is -0.464 e. The number of esters is 1. The second-order valence-corrected chi connectivity index (χ2v) is 6.33. The molecule has 1 amide bonds. The molecular formula is C16H19Cl2NO3. The van der Waals surface area contributed by atoms with Crippen LogP contribution in [-0.2, 0) is 20.7 Å². The number of amides is 1. The van der Waals surface area contributed by atoms with Gasteiger partial charge in [-0.15, -0.1) is 0 Å². The van der Waals surface area contributed by atoms with Gasteiger partial charge in [0, 0.05) is 16.6 Å². The van der Waals surface area contributed by atoms with E-state index in [2.05, 4.69) is 0 Å². The summed E-state index contributed by atoms with van der Waals surface area (Å²) in [5, 5.41) is 0.913. The number of carbonyl (C=O) groups excluding carboxylic acids is 2. The molecule has 0 radical (unpaired) electrons. The van der Waals surface area contributed by atoms with Gasteiger partial charge in [0.05, 0.1) is 13.0 Å². The molecule has 1 aliphatic heterocycles. The van der Waals surface area contributed by atoms with Crippen molar-refractivity contribution in [3.63, 3.8) is 0 Å². The van der Waals surface area contributed by atoms with Crippen LogP contribution in [0.1, 0.15) is 32.3 Å². The molecule has 0 spiro atoms. The Morgan fingerprint density at radius 3 is 2.55 bits per heavy atom. The Labute approximate surface area is 140 Å². The lowest BCUT2D eigenvalue weighted by molar-refractivity contribution is -0.160. The average Bonchev–Trinajstić information content (AvgIpc) is 2.86. The lowest BCUT2D eigenvalue weighted by Gasteiger charge is -2.33. The van der Waals surface area contributed by atoms with E-state index in [9.17, 15) is 9.59 Å². The van der Waals surface area contributed by atoms with E-state index in [4.69, 9.17) is 27.9 Å². The van der Waals surface area contributed by atoms with Crippen LogP contribution in [0.3, 0.4) is 0 Å². The van der Waals surface area contributed by atoms with Crippen molar-refractivity contribution in [2.24, 2.45) is 0 Å². The monoisotopic (exact) mass is 343 g/mol. The van der Waals surface area contributed by atoms with Crippen molar-refractivity contribution in [3.05, 3.63) is 33.8 Å². The highest BCUT2D eigenvalue weighted by atomic mass is 35.5. The van der Waals surface area contributed by atoms with E-state index in [0.29, 0.717) is 35.2 Å². The summed E-state index contributed by atoms with van der Waals surface area (Å²) in [4.78, 5) is 26.4. The average molecular weight is 344 g/mol.